The van der Waals surface area contributed by atoms with Gasteiger partial charge in [-0.3, -0.25) is 9.36 Å². The Hall–Kier alpha value is -2.61. The van der Waals surface area contributed by atoms with E-state index in [4.69, 9.17) is 4.52 Å². The van der Waals surface area contributed by atoms with Gasteiger partial charge in [-0.1, -0.05) is 47.3 Å². The van der Waals surface area contributed by atoms with Crippen LogP contribution < -0.4 is 5.69 Å². The van der Waals surface area contributed by atoms with Crippen molar-refractivity contribution in [3.05, 3.63) is 52.6 Å². The summed E-state index contributed by atoms with van der Waals surface area (Å²) in [6, 6.07) is 11.4. The highest BCUT2D eigenvalue weighted by Crippen LogP contribution is 2.36. The van der Waals surface area contributed by atoms with Crippen LogP contribution in [0.5, 0.6) is 0 Å². The lowest BCUT2D eigenvalue weighted by atomic mass is 10.1. The third-order valence-electron chi connectivity index (χ3n) is 3.77. The van der Waals surface area contributed by atoms with Gasteiger partial charge in [-0.05, 0) is 12.8 Å². The Morgan fingerprint density at radius 1 is 1.33 bits per heavy atom. The van der Waals surface area contributed by atoms with Crippen LogP contribution in [0.2, 0.25) is 0 Å². The maximum absolute atomic E-state index is 12.3. The summed E-state index contributed by atoms with van der Waals surface area (Å²) in [4.78, 5) is 24.0. The Labute approximate surface area is 141 Å². The van der Waals surface area contributed by atoms with Crippen molar-refractivity contribution in [2.75, 3.05) is 5.75 Å². The van der Waals surface area contributed by atoms with E-state index in [0.717, 1.165) is 18.4 Å². The van der Waals surface area contributed by atoms with Gasteiger partial charge in [0.05, 0.1) is 5.75 Å². The van der Waals surface area contributed by atoms with E-state index in [1.807, 2.05) is 30.3 Å². The van der Waals surface area contributed by atoms with E-state index in [0.29, 0.717) is 10.9 Å². The molecule has 122 valence electrons. The first kappa shape index (κ1) is 14.9. The number of aromatic nitrogens is 4. The summed E-state index contributed by atoms with van der Waals surface area (Å²) in [5, 5.41) is 10.9. The normalized spacial score (nSPS) is 14.0. The first-order valence-corrected chi connectivity index (χ1v) is 8.56. The van der Waals surface area contributed by atoms with E-state index >= 15 is 0 Å². The monoisotopic (exact) mass is 342 g/mol. The van der Waals surface area contributed by atoms with Gasteiger partial charge in [-0.15, -0.1) is 5.10 Å². The van der Waals surface area contributed by atoms with Gasteiger partial charge < -0.3 is 4.52 Å². The molecule has 0 aliphatic heterocycles. The van der Waals surface area contributed by atoms with Crippen molar-refractivity contribution in [1.29, 1.82) is 0 Å². The van der Waals surface area contributed by atoms with Crippen molar-refractivity contribution < 1.29 is 9.32 Å². The predicted molar refractivity (Wildman–Crippen MR) is 88.1 cm³/mol. The molecule has 24 heavy (non-hydrogen) atoms. The minimum absolute atomic E-state index is 0.139. The highest BCUT2D eigenvalue weighted by atomic mass is 32.2. The van der Waals surface area contributed by atoms with Crippen LogP contribution in [0.3, 0.4) is 0 Å². The molecule has 1 aliphatic carbocycles. The lowest BCUT2D eigenvalue weighted by molar-refractivity contribution is 0.0983. The molecule has 1 saturated carbocycles. The molecule has 0 saturated heterocycles. The second-order valence-electron chi connectivity index (χ2n) is 5.57. The lowest BCUT2D eigenvalue weighted by Gasteiger charge is -2.01. The molecule has 7 nitrogen and oxygen atoms in total. The minimum atomic E-state index is -0.224. The van der Waals surface area contributed by atoms with Gasteiger partial charge >= 0.3 is 5.69 Å². The van der Waals surface area contributed by atoms with E-state index < -0.39 is 0 Å². The fourth-order valence-corrected chi connectivity index (χ4v) is 3.28. The second-order valence-corrected chi connectivity index (χ2v) is 6.51. The van der Waals surface area contributed by atoms with E-state index in [1.165, 1.54) is 11.8 Å². The average Bonchev–Trinajstić information content (AvgIpc) is 3.19. The number of ketones is 1. The van der Waals surface area contributed by atoms with Crippen molar-refractivity contribution >= 4 is 17.5 Å². The SMILES string of the molecule is O=C(CSc1n[nH]c(=O)n1C1CC1)c1cc(-c2ccccc2)no1. The van der Waals surface area contributed by atoms with Crippen LogP contribution in [0.1, 0.15) is 29.4 Å². The van der Waals surface area contributed by atoms with Crippen molar-refractivity contribution in [1.82, 2.24) is 19.9 Å². The molecule has 3 aromatic rings. The average molecular weight is 342 g/mol. The van der Waals surface area contributed by atoms with Crippen molar-refractivity contribution in [2.45, 2.75) is 24.0 Å². The van der Waals surface area contributed by atoms with Gasteiger partial charge in [-0.2, -0.15) is 0 Å². The van der Waals surface area contributed by atoms with Crippen LogP contribution in [0.25, 0.3) is 11.3 Å². The number of nitrogens with one attached hydrogen (secondary N) is 1. The van der Waals surface area contributed by atoms with Gasteiger partial charge in [0.25, 0.3) is 0 Å². The number of aromatic amines is 1. The molecule has 0 radical (unpaired) electrons. The lowest BCUT2D eigenvalue weighted by Crippen LogP contribution is -2.16. The van der Waals surface area contributed by atoms with Gasteiger partial charge in [0.15, 0.2) is 5.16 Å². The zero-order valence-electron chi connectivity index (χ0n) is 12.6. The van der Waals surface area contributed by atoms with Gasteiger partial charge in [0, 0.05) is 17.7 Å². The number of H-pyrrole nitrogens is 1. The highest BCUT2D eigenvalue weighted by Gasteiger charge is 2.29. The summed E-state index contributed by atoms with van der Waals surface area (Å²) in [5.41, 5.74) is 1.29. The molecule has 8 heteroatoms. The van der Waals surface area contributed by atoms with E-state index in [9.17, 15) is 9.59 Å². The van der Waals surface area contributed by atoms with Gasteiger partial charge in [0.2, 0.25) is 11.5 Å². The Morgan fingerprint density at radius 3 is 2.88 bits per heavy atom. The van der Waals surface area contributed by atoms with E-state index in [-0.39, 0.29) is 29.0 Å². The summed E-state index contributed by atoms with van der Waals surface area (Å²) in [6.07, 6.45) is 1.95. The smallest absolute Gasteiger partial charge is 0.344 e. The molecular formula is C16H14N4O3S. The van der Waals surface area contributed by atoms with Gasteiger partial charge in [-0.25, -0.2) is 9.89 Å². The number of nitrogens with zero attached hydrogens (tertiary/aromatic N) is 3. The standard InChI is InChI=1S/C16H14N4O3S/c21-13(9-24-16-18-17-15(22)20(16)11-6-7-11)14-8-12(19-23-14)10-4-2-1-3-5-10/h1-5,8,11H,6-7,9H2,(H,17,22). The van der Waals surface area contributed by atoms with Crippen LogP contribution in [0, 0.1) is 0 Å². The summed E-state index contributed by atoms with van der Waals surface area (Å²) < 4.78 is 6.77. The van der Waals surface area contributed by atoms with Crippen LogP contribution in [-0.4, -0.2) is 31.5 Å². The van der Waals surface area contributed by atoms with Crippen LogP contribution in [-0.2, 0) is 0 Å². The third kappa shape index (κ3) is 2.92. The molecule has 0 spiro atoms. The molecule has 4 rings (SSSR count). The van der Waals surface area contributed by atoms with Crippen LogP contribution in [0.15, 0.2) is 50.9 Å². The number of Topliss-reactive ketones (excluding diaryl/α,β-unsaturated/α-hetero) is 1. The van der Waals surface area contributed by atoms with Crippen molar-refractivity contribution in [3.63, 3.8) is 0 Å². The zero-order chi connectivity index (χ0) is 16.5. The molecule has 1 aromatic carbocycles. The molecular weight excluding hydrogens is 328 g/mol. The Bertz CT molecular complexity index is 924. The van der Waals surface area contributed by atoms with Gasteiger partial charge in [0.1, 0.15) is 5.69 Å². The molecule has 0 bridgehead atoms. The first-order valence-electron chi connectivity index (χ1n) is 7.57. The van der Waals surface area contributed by atoms with Crippen molar-refractivity contribution in [2.24, 2.45) is 0 Å². The number of thioether (sulfide) groups is 1. The fourth-order valence-electron chi connectivity index (χ4n) is 2.40. The Kier molecular flexibility index (Phi) is 3.81. The van der Waals surface area contributed by atoms with E-state index in [1.54, 1.807) is 10.6 Å². The first-order chi connectivity index (χ1) is 11.7. The molecule has 1 N–H and O–H groups in total. The molecule has 1 fully saturated rings. The summed E-state index contributed by atoms with van der Waals surface area (Å²) in [6.45, 7) is 0. The molecule has 2 heterocycles. The predicted octanol–water partition coefficient (Wildman–Crippen LogP) is 2.54. The quantitative estimate of drug-likeness (QED) is 0.546. The topological polar surface area (TPSA) is 93.8 Å². The fraction of sp³-hybridized carbons (Fsp3) is 0.250. The van der Waals surface area contributed by atoms with Crippen molar-refractivity contribution in [3.8, 4) is 11.3 Å². The summed E-state index contributed by atoms with van der Waals surface area (Å²) in [5.74, 6) is 0.158. The Balaban J connectivity index is 1.46. The summed E-state index contributed by atoms with van der Waals surface area (Å²) in [7, 11) is 0. The number of hydrogen-bond donors (Lipinski definition) is 1. The highest BCUT2D eigenvalue weighted by molar-refractivity contribution is 7.99. The van der Waals surface area contributed by atoms with Crippen LogP contribution in [0.4, 0.5) is 0 Å². The molecule has 0 atom stereocenters. The molecule has 2 aromatic heterocycles. The minimum Gasteiger partial charge on any atom is -0.352 e. The molecule has 0 amide bonds. The number of carbonyl (C=O) groups is 1. The Morgan fingerprint density at radius 2 is 2.12 bits per heavy atom. The maximum atomic E-state index is 12.3. The summed E-state index contributed by atoms with van der Waals surface area (Å²) >= 11 is 1.23. The number of rotatable bonds is 6. The largest absolute Gasteiger partial charge is 0.352 e. The second kappa shape index (κ2) is 6.12. The van der Waals surface area contributed by atoms with Crippen LogP contribution >= 0.6 is 11.8 Å². The maximum Gasteiger partial charge on any atom is 0.344 e. The number of benzene rings is 1. The zero-order valence-corrected chi connectivity index (χ0v) is 13.5. The number of carbonyl (C=O) groups excluding carboxylic acids is 1. The third-order valence-corrected chi connectivity index (χ3v) is 4.72. The van der Waals surface area contributed by atoms with E-state index in [2.05, 4.69) is 15.4 Å². The molecule has 0 unspecified atom stereocenters. The number of hydrogen-bond acceptors (Lipinski definition) is 6. The molecule has 1 aliphatic rings.